The Bertz CT molecular complexity index is 440. The van der Waals surface area contributed by atoms with E-state index in [2.05, 4.69) is 22.1 Å². The van der Waals surface area contributed by atoms with Crippen LogP contribution in [0.5, 0.6) is 0 Å². The van der Waals surface area contributed by atoms with Crippen LogP contribution in [-0.4, -0.2) is 30.5 Å². The molecule has 0 aliphatic carbocycles. The Hall–Kier alpha value is -1.30. The molecule has 0 radical (unpaired) electrons. The van der Waals surface area contributed by atoms with Crippen LogP contribution in [0.4, 0.5) is 10.9 Å². The second-order valence-electron chi connectivity index (χ2n) is 5.22. The summed E-state index contributed by atoms with van der Waals surface area (Å²) >= 11 is 1.41. The molecule has 0 aromatic carbocycles. The Morgan fingerprint density at radius 2 is 2.10 bits per heavy atom. The normalized spacial score (nSPS) is 14.8. The lowest BCUT2D eigenvalue weighted by atomic mass is 10.2. The maximum absolute atomic E-state index is 12.1. The zero-order chi connectivity index (χ0) is 14.4. The third-order valence-corrected chi connectivity index (χ3v) is 4.67. The number of rotatable bonds is 7. The van der Waals surface area contributed by atoms with Crippen molar-refractivity contribution in [2.75, 3.05) is 30.3 Å². The summed E-state index contributed by atoms with van der Waals surface area (Å²) in [5, 5.41) is 3.82. The molecule has 112 valence electrons. The fraction of sp³-hybridized carbons (Fsp3) is 0.714. The maximum atomic E-state index is 12.1. The molecule has 0 bridgehead atoms. The van der Waals surface area contributed by atoms with Crippen molar-refractivity contribution in [3.8, 4) is 0 Å². The zero-order valence-corrected chi connectivity index (χ0v) is 13.0. The molecule has 1 aliphatic rings. The highest BCUT2D eigenvalue weighted by Gasteiger charge is 2.21. The first-order valence-electron chi connectivity index (χ1n) is 7.51. The maximum Gasteiger partial charge on any atom is 0.265 e. The first kappa shape index (κ1) is 15.1. The van der Waals surface area contributed by atoms with Crippen molar-refractivity contribution < 1.29 is 4.79 Å². The van der Waals surface area contributed by atoms with Gasteiger partial charge in [-0.25, -0.2) is 4.98 Å². The number of amides is 1. The Morgan fingerprint density at radius 3 is 2.80 bits per heavy atom. The number of anilines is 2. The average Bonchev–Trinajstić information content (AvgIpc) is 3.07. The third-order valence-electron chi connectivity index (χ3n) is 3.54. The zero-order valence-electron chi connectivity index (χ0n) is 12.2. The van der Waals surface area contributed by atoms with Gasteiger partial charge in [-0.05, 0) is 19.3 Å². The molecule has 1 fully saturated rings. The molecular formula is C14H24N4OS. The molecular weight excluding hydrogens is 272 g/mol. The first-order chi connectivity index (χ1) is 9.72. The minimum Gasteiger partial charge on any atom is -0.382 e. The van der Waals surface area contributed by atoms with Crippen molar-refractivity contribution in [1.82, 2.24) is 10.3 Å². The minimum atomic E-state index is -0.0815. The first-order valence-corrected chi connectivity index (χ1v) is 8.33. The fourth-order valence-electron chi connectivity index (χ4n) is 2.36. The number of hydrogen-bond acceptors (Lipinski definition) is 5. The van der Waals surface area contributed by atoms with Crippen molar-refractivity contribution in [3.05, 3.63) is 4.88 Å². The van der Waals surface area contributed by atoms with Crippen molar-refractivity contribution in [1.29, 1.82) is 0 Å². The molecule has 3 N–H and O–H groups in total. The number of thiazole rings is 1. The Balaban J connectivity index is 1.86. The van der Waals surface area contributed by atoms with Crippen LogP contribution >= 0.6 is 11.3 Å². The van der Waals surface area contributed by atoms with E-state index in [1.165, 1.54) is 37.0 Å². The van der Waals surface area contributed by atoms with Crippen LogP contribution in [0.3, 0.4) is 0 Å². The largest absolute Gasteiger partial charge is 0.382 e. The van der Waals surface area contributed by atoms with Crippen LogP contribution in [0, 0.1) is 0 Å². The lowest BCUT2D eigenvalue weighted by Crippen LogP contribution is -2.24. The van der Waals surface area contributed by atoms with Crippen LogP contribution in [0.2, 0.25) is 0 Å². The number of nitrogens with two attached hydrogens (primary N) is 1. The molecule has 0 atom stereocenters. The molecule has 2 heterocycles. The van der Waals surface area contributed by atoms with E-state index < -0.39 is 0 Å². The van der Waals surface area contributed by atoms with Gasteiger partial charge in [0.15, 0.2) is 5.13 Å². The van der Waals surface area contributed by atoms with E-state index in [1.807, 2.05) is 0 Å². The van der Waals surface area contributed by atoms with Crippen LogP contribution < -0.4 is 16.0 Å². The van der Waals surface area contributed by atoms with E-state index in [-0.39, 0.29) is 5.91 Å². The van der Waals surface area contributed by atoms with Gasteiger partial charge >= 0.3 is 0 Å². The predicted octanol–water partition coefficient (Wildman–Crippen LogP) is 2.64. The molecule has 0 unspecified atom stereocenters. The Labute approximate surface area is 124 Å². The standard InChI is InChI=1S/C14H24N4OS/c1-2-3-4-5-8-16-13(19)11-12(15)17-14(20-11)18-9-6-7-10-18/h2-10,15H2,1H3,(H,16,19). The smallest absolute Gasteiger partial charge is 0.265 e. The van der Waals surface area contributed by atoms with Gasteiger partial charge in [-0.3, -0.25) is 4.79 Å². The van der Waals surface area contributed by atoms with Gasteiger partial charge in [-0.15, -0.1) is 0 Å². The molecule has 1 aromatic heterocycles. The monoisotopic (exact) mass is 296 g/mol. The van der Waals surface area contributed by atoms with Gasteiger partial charge in [0.25, 0.3) is 5.91 Å². The van der Waals surface area contributed by atoms with Crippen molar-refractivity contribution in [2.24, 2.45) is 0 Å². The lowest BCUT2D eigenvalue weighted by Gasteiger charge is -2.11. The lowest BCUT2D eigenvalue weighted by molar-refractivity contribution is 0.0957. The molecule has 20 heavy (non-hydrogen) atoms. The average molecular weight is 296 g/mol. The number of unbranched alkanes of at least 4 members (excludes halogenated alkanes) is 3. The van der Waals surface area contributed by atoms with E-state index in [9.17, 15) is 4.79 Å². The SMILES string of the molecule is CCCCCCNC(=O)c1sc(N2CCCC2)nc1N. The summed E-state index contributed by atoms with van der Waals surface area (Å²) in [7, 11) is 0. The van der Waals surface area contributed by atoms with Crippen molar-refractivity contribution in [2.45, 2.75) is 45.4 Å². The molecule has 1 amide bonds. The molecule has 0 saturated carbocycles. The highest BCUT2D eigenvalue weighted by Crippen LogP contribution is 2.30. The number of hydrogen-bond donors (Lipinski definition) is 2. The molecule has 0 spiro atoms. The summed E-state index contributed by atoms with van der Waals surface area (Å²) in [6.07, 6.45) is 6.99. The van der Waals surface area contributed by atoms with Gasteiger partial charge < -0.3 is 16.0 Å². The molecule has 1 aromatic rings. The summed E-state index contributed by atoms with van der Waals surface area (Å²) in [5.74, 6) is 0.282. The highest BCUT2D eigenvalue weighted by molar-refractivity contribution is 7.18. The van der Waals surface area contributed by atoms with Gasteiger partial charge in [0.2, 0.25) is 0 Å². The number of carbonyl (C=O) groups is 1. The van der Waals surface area contributed by atoms with E-state index in [4.69, 9.17) is 5.73 Å². The number of nitrogens with one attached hydrogen (secondary N) is 1. The molecule has 2 rings (SSSR count). The summed E-state index contributed by atoms with van der Waals surface area (Å²) < 4.78 is 0. The van der Waals surface area contributed by atoms with Crippen molar-refractivity contribution in [3.63, 3.8) is 0 Å². The Kier molecular flexibility index (Phi) is 5.64. The molecule has 1 saturated heterocycles. The van der Waals surface area contributed by atoms with Gasteiger partial charge in [-0.2, -0.15) is 0 Å². The molecule has 6 heteroatoms. The highest BCUT2D eigenvalue weighted by atomic mass is 32.1. The van der Waals surface area contributed by atoms with Crippen LogP contribution in [0.25, 0.3) is 0 Å². The minimum absolute atomic E-state index is 0.0815. The van der Waals surface area contributed by atoms with Gasteiger partial charge in [0.1, 0.15) is 10.7 Å². The van der Waals surface area contributed by atoms with Gasteiger partial charge in [-0.1, -0.05) is 37.5 Å². The van der Waals surface area contributed by atoms with E-state index in [0.717, 1.165) is 37.6 Å². The van der Waals surface area contributed by atoms with E-state index in [0.29, 0.717) is 10.7 Å². The Morgan fingerprint density at radius 1 is 1.35 bits per heavy atom. The van der Waals surface area contributed by atoms with E-state index >= 15 is 0 Å². The topological polar surface area (TPSA) is 71.2 Å². The summed E-state index contributed by atoms with van der Waals surface area (Å²) in [6.45, 7) is 4.93. The predicted molar refractivity (Wildman–Crippen MR) is 84.4 cm³/mol. The molecule has 5 nitrogen and oxygen atoms in total. The summed E-state index contributed by atoms with van der Waals surface area (Å²) in [4.78, 5) is 19.2. The fourth-order valence-corrected chi connectivity index (χ4v) is 3.31. The van der Waals surface area contributed by atoms with Crippen LogP contribution in [-0.2, 0) is 0 Å². The van der Waals surface area contributed by atoms with Crippen LogP contribution in [0.1, 0.15) is 55.1 Å². The number of aromatic nitrogens is 1. The number of nitrogen functional groups attached to an aromatic ring is 1. The van der Waals surface area contributed by atoms with Crippen LogP contribution in [0.15, 0.2) is 0 Å². The van der Waals surface area contributed by atoms with Crippen molar-refractivity contribution >= 4 is 28.2 Å². The second-order valence-corrected chi connectivity index (χ2v) is 6.20. The second kappa shape index (κ2) is 7.47. The number of carbonyl (C=O) groups excluding carboxylic acids is 1. The quantitative estimate of drug-likeness (QED) is 0.759. The summed E-state index contributed by atoms with van der Waals surface area (Å²) in [5.41, 5.74) is 5.87. The van der Waals surface area contributed by atoms with Gasteiger partial charge in [0, 0.05) is 19.6 Å². The van der Waals surface area contributed by atoms with Gasteiger partial charge in [0.05, 0.1) is 0 Å². The molecule has 1 aliphatic heterocycles. The third kappa shape index (κ3) is 3.85. The number of nitrogens with zero attached hydrogens (tertiary/aromatic N) is 2. The van der Waals surface area contributed by atoms with E-state index in [1.54, 1.807) is 0 Å². The summed E-state index contributed by atoms with van der Waals surface area (Å²) in [6, 6.07) is 0.